The molecule has 0 radical (unpaired) electrons. The number of nitro groups is 1. The summed E-state index contributed by atoms with van der Waals surface area (Å²) in [4.78, 5) is 24.1. The lowest BCUT2D eigenvalue weighted by Crippen LogP contribution is -2.11. The third-order valence-corrected chi connectivity index (χ3v) is 2.00. The van der Waals surface area contributed by atoms with E-state index < -0.39 is 34.4 Å². The molecule has 1 rings (SSSR count). The van der Waals surface area contributed by atoms with E-state index in [1.165, 1.54) is 6.92 Å². The standard InChI is InChI=1S/C9H8F2N2O4/c1-4-3-5(7(10)11)12-8(13(15)16)6(4)9(14)17-2/h3,7H,1-2H3. The zero-order chi connectivity index (χ0) is 13.2. The third-order valence-electron chi connectivity index (χ3n) is 2.00. The van der Waals surface area contributed by atoms with E-state index in [9.17, 15) is 23.7 Å². The zero-order valence-electron chi connectivity index (χ0n) is 8.94. The van der Waals surface area contributed by atoms with E-state index in [1.807, 2.05) is 0 Å². The number of methoxy groups -OCH3 is 1. The summed E-state index contributed by atoms with van der Waals surface area (Å²) in [6.45, 7) is 1.30. The Balaban J connectivity index is 3.49. The molecule has 1 aromatic heterocycles. The molecule has 0 spiro atoms. The number of alkyl halides is 2. The molecule has 0 amide bonds. The molecule has 0 saturated heterocycles. The van der Waals surface area contributed by atoms with E-state index in [0.717, 1.165) is 13.2 Å². The number of nitrogens with zero attached hydrogens (tertiary/aromatic N) is 2. The SMILES string of the molecule is COC(=O)c1c(C)cc(C(F)F)nc1[N+](=O)[O-]. The first-order valence-corrected chi connectivity index (χ1v) is 4.40. The molecule has 8 heteroatoms. The fourth-order valence-corrected chi connectivity index (χ4v) is 1.28. The smallest absolute Gasteiger partial charge is 0.378 e. The fourth-order valence-electron chi connectivity index (χ4n) is 1.28. The Labute approximate surface area is 94.4 Å². The van der Waals surface area contributed by atoms with Gasteiger partial charge in [0.05, 0.1) is 7.11 Å². The first-order valence-electron chi connectivity index (χ1n) is 4.40. The summed E-state index contributed by atoms with van der Waals surface area (Å²) in [6.07, 6.45) is -2.95. The normalized spacial score (nSPS) is 10.4. The van der Waals surface area contributed by atoms with Crippen LogP contribution in [0.3, 0.4) is 0 Å². The van der Waals surface area contributed by atoms with Crippen LogP contribution in [0.25, 0.3) is 0 Å². The minimum atomic E-state index is -2.95. The van der Waals surface area contributed by atoms with Gasteiger partial charge in [-0.15, -0.1) is 0 Å². The van der Waals surface area contributed by atoms with Crippen molar-refractivity contribution >= 4 is 11.8 Å². The van der Waals surface area contributed by atoms with Crippen molar-refractivity contribution in [2.45, 2.75) is 13.3 Å². The number of aromatic nitrogens is 1. The summed E-state index contributed by atoms with van der Waals surface area (Å²) in [7, 11) is 1.03. The fraction of sp³-hybridized carbons (Fsp3) is 0.333. The Morgan fingerprint density at radius 1 is 1.59 bits per heavy atom. The van der Waals surface area contributed by atoms with Crippen LogP contribution in [0.15, 0.2) is 6.07 Å². The summed E-state index contributed by atoms with van der Waals surface area (Å²) in [5.41, 5.74) is -1.14. The second kappa shape index (κ2) is 4.81. The lowest BCUT2D eigenvalue weighted by Gasteiger charge is -2.05. The van der Waals surface area contributed by atoms with Gasteiger partial charge in [-0.3, -0.25) is 0 Å². The lowest BCUT2D eigenvalue weighted by molar-refractivity contribution is -0.390. The number of pyridine rings is 1. The molecule has 0 saturated carbocycles. The number of carbonyl (C=O) groups excluding carboxylic acids is 1. The molecule has 0 unspecified atom stereocenters. The molecular formula is C9H8F2N2O4. The molecular weight excluding hydrogens is 238 g/mol. The van der Waals surface area contributed by atoms with E-state index in [4.69, 9.17) is 0 Å². The van der Waals surface area contributed by atoms with Crippen LogP contribution in [0.2, 0.25) is 0 Å². The molecule has 0 atom stereocenters. The van der Waals surface area contributed by atoms with Gasteiger partial charge in [-0.05, 0) is 28.5 Å². The van der Waals surface area contributed by atoms with Crippen molar-refractivity contribution in [1.82, 2.24) is 4.98 Å². The average molecular weight is 246 g/mol. The minimum Gasteiger partial charge on any atom is -0.465 e. The number of hydrogen-bond donors (Lipinski definition) is 0. The predicted octanol–water partition coefficient (Wildman–Crippen LogP) is 2.02. The molecule has 1 aromatic rings. The van der Waals surface area contributed by atoms with Gasteiger partial charge in [0.1, 0.15) is 0 Å². The van der Waals surface area contributed by atoms with Crippen molar-refractivity contribution in [1.29, 1.82) is 0 Å². The van der Waals surface area contributed by atoms with E-state index in [0.29, 0.717) is 0 Å². The number of rotatable bonds is 3. The van der Waals surface area contributed by atoms with E-state index in [-0.39, 0.29) is 5.56 Å². The Bertz CT molecular complexity index is 476. The van der Waals surface area contributed by atoms with Crippen LogP contribution < -0.4 is 0 Å². The maximum absolute atomic E-state index is 12.4. The van der Waals surface area contributed by atoms with Gasteiger partial charge < -0.3 is 14.9 Å². The van der Waals surface area contributed by atoms with Crippen molar-refractivity contribution < 1.29 is 23.2 Å². The number of esters is 1. The maximum Gasteiger partial charge on any atom is 0.378 e. The van der Waals surface area contributed by atoms with Gasteiger partial charge >= 0.3 is 18.2 Å². The third kappa shape index (κ3) is 2.52. The van der Waals surface area contributed by atoms with Crippen molar-refractivity contribution in [2.75, 3.05) is 7.11 Å². The number of hydrogen-bond acceptors (Lipinski definition) is 5. The molecule has 0 aliphatic carbocycles. The Morgan fingerprint density at radius 2 is 2.18 bits per heavy atom. The van der Waals surface area contributed by atoms with Crippen LogP contribution in [0, 0.1) is 17.0 Å². The first kappa shape index (κ1) is 12.9. The van der Waals surface area contributed by atoms with Crippen molar-refractivity contribution in [2.24, 2.45) is 0 Å². The van der Waals surface area contributed by atoms with Gasteiger partial charge in [-0.2, -0.15) is 0 Å². The molecule has 0 bridgehead atoms. The molecule has 0 aliphatic rings. The number of carbonyl (C=O) groups is 1. The number of aryl methyl sites for hydroxylation is 1. The first-order chi connectivity index (χ1) is 7.88. The zero-order valence-corrected chi connectivity index (χ0v) is 8.94. The van der Waals surface area contributed by atoms with Crippen molar-refractivity contribution in [3.63, 3.8) is 0 Å². The maximum atomic E-state index is 12.4. The highest BCUT2D eigenvalue weighted by atomic mass is 19.3. The van der Waals surface area contributed by atoms with Gasteiger partial charge in [0.15, 0.2) is 5.56 Å². The van der Waals surface area contributed by atoms with Crippen LogP contribution in [0.4, 0.5) is 14.6 Å². The van der Waals surface area contributed by atoms with E-state index >= 15 is 0 Å². The van der Waals surface area contributed by atoms with Crippen LogP contribution in [-0.2, 0) is 4.74 Å². The molecule has 92 valence electrons. The highest BCUT2D eigenvalue weighted by Gasteiger charge is 2.29. The van der Waals surface area contributed by atoms with Crippen LogP contribution in [0.5, 0.6) is 0 Å². The Hall–Kier alpha value is -2.12. The summed E-state index contributed by atoms with van der Waals surface area (Å²) in [5.74, 6) is -1.91. The molecule has 6 nitrogen and oxygen atoms in total. The second-order valence-electron chi connectivity index (χ2n) is 3.11. The summed E-state index contributed by atoms with van der Waals surface area (Å²) in [5, 5.41) is 10.7. The average Bonchev–Trinajstić information content (AvgIpc) is 2.26. The highest BCUT2D eigenvalue weighted by Crippen LogP contribution is 2.26. The van der Waals surface area contributed by atoms with Gasteiger partial charge in [-0.25, -0.2) is 13.6 Å². The van der Waals surface area contributed by atoms with Crippen LogP contribution in [0.1, 0.15) is 28.0 Å². The van der Waals surface area contributed by atoms with Gasteiger partial charge in [0.2, 0.25) is 5.69 Å². The van der Waals surface area contributed by atoms with E-state index in [1.54, 1.807) is 0 Å². The quantitative estimate of drug-likeness (QED) is 0.463. The summed E-state index contributed by atoms with van der Waals surface area (Å²) >= 11 is 0. The number of ether oxygens (including phenoxy) is 1. The van der Waals surface area contributed by atoms with Gasteiger partial charge in [-0.1, -0.05) is 0 Å². The minimum absolute atomic E-state index is 0.0221. The van der Waals surface area contributed by atoms with Crippen molar-refractivity contribution in [3.8, 4) is 0 Å². The van der Waals surface area contributed by atoms with E-state index in [2.05, 4.69) is 9.72 Å². The summed E-state index contributed by atoms with van der Waals surface area (Å²) < 4.78 is 29.1. The predicted molar refractivity (Wildman–Crippen MR) is 51.9 cm³/mol. The molecule has 0 aromatic carbocycles. The lowest BCUT2D eigenvalue weighted by atomic mass is 10.1. The summed E-state index contributed by atoms with van der Waals surface area (Å²) in [6, 6.07) is 0.921. The van der Waals surface area contributed by atoms with Gasteiger partial charge in [0, 0.05) is 0 Å². The molecule has 0 N–H and O–H groups in total. The topological polar surface area (TPSA) is 82.3 Å². The second-order valence-corrected chi connectivity index (χ2v) is 3.11. The Kier molecular flexibility index (Phi) is 3.66. The van der Waals surface area contributed by atoms with Crippen LogP contribution >= 0.6 is 0 Å². The largest absolute Gasteiger partial charge is 0.465 e. The monoisotopic (exact) mass is 246 g/mol. The Morgan fingerprint density at radius 3 is 2.59 bits per heavy atom. The molecule has 0 fully saturated rings. The molecule has 1 heterocycles. The molecule has 0 aliphatic heterocycles. The van der Waals surface area contributed by atoms with Crippen molar-refractivity contribution in [3.05, 3.63) is 33.0 Å². The van der Waals surface area contributed by atoms with Crippen LogP contribution in [-0.4, -0.2) is 23.0 Å². The van der Waals surface area contributed by atoms with Gasteiger partial charge in [0.25, 0.3) is 0 Å². The molecule has 17 heavy (non-hydrogen) atoms. The number of halogens is 2. The highest BCUT2D eigenvalue weighted by molar-refractivity contribution is 5.94.